The van der Waals surface area contributed by atoms with Crippen molar-refractivity contribution in [3.8, 4) is 17.6 Å². The second-order valence-corrected chi connectivity index (χ2v) is 6.33. The van der Waals surface area contributed by atoms with E-state index in [-0.39, 0.29) is 17.1 Å². The molecule has 0 aliphatic rings. The molecule has 0 aliphatic carbocycles. The fourth-order valence-electron chi connectivity index (χ4n) is 2.26. The van der Waals surface area contributed by atoms with Crippen LogP contribution in [-0.4, -0.2) is 30.7 Å². The maximum atomic E-state index is 12.4. The predicted octanol–water partition coefficient (Wildman–Crippen LogP) is 3.89. The van der Waals surface area contributed by atoms with Crippen LogP contribution in [0, 0.1) is 11.3 Å². The Kier molecular flexibility index (Phi) is 7.18. The van der Waals surface area contributed by atoms with Crippen LogP contribution in [-0.2, 0) is 9.53 Å². The van der Waals surface area contributed by atoms with Crippen LogP contribution in [0.5, 0.6) is 11.5 Å². The van der Waals surface area contributed by atoms with E-state index in [2.05, 4.69) is 26.0 Å². The number of phenolic OH excluding ortho intramolecular Hbond substituents is 1. The number of ether oxygens (including phenoxy) is 2. The highest BCUT2D eigenvalue weighted by atomic mass is 79.9. The molecule has 8 heteroatoms. The Hall–Kier alpha value is -3.31. The maximum absolute atomic E-state index is 12.4. The molecule has 0 saturated heterocycles. The van der Waals surface area contributed by atoms with Gasteiger partial charge in [0.2, 0.25) is 0 Å². The maximum Gasteiger partial charge on any atom is 0.337 e. The smallest absolute Gasteiger partial charge is 0.337 e. The van der Waals surface area contributed by atoms with Crippen molar-refractivity contribution in [2.45, 2.75) is 6.92 Å². The molecule has 28 heavy (non-hydrogen) atoms. The number of nitrogens with one attached hydrogen (secondary N) is 1. The molecule has 2 N–H and O–H groups in total. The van der Waals surface area contributed by atoms with Gasteiger partial charge in [0.1, 0.15) is 11.6 Å². The highest BCUT2D eigenvalue weighted by molar-refractivity contribution is 9.10. The Morgan fingerprint density at radius 3 is 2.54 bits per heavy atom. The minimum absolute atomic E-state index is 0.0624. The van der Waals surface area contributed by atoms with Crippen LogP contribution >= 0.6 is 15.9 Å². The summed E-state index contributed by atoms with van der Waals surface area (Å²) in [5, 5.41) is 21.9. The highest BCUT2D eigenvalue weighted by Crippen LogP contribution is 2.36. The lowest BCUT2D eigenvalue weighted by Gasteiger charge is -2.09. The van der Waals surface area contributed by atoms with E-state index in [4.69, 9.17) is 4.74 Å². The largest absolute Gasteiger partial charge is 0.503 e. The molecule has 0 aliphatic heterocycles. The normalized spacial score (nSPS) is 10.7. The first-order chi connectivity index (χ1) is 13.4. The molecular weight excluding hydrogens is 428 g/mol. The number of amides is 1. The van der Waals surface area contributed by atoms with Gasteiger partial charge in [0.25, 0.3) is 5.91 Å². The van der Waals surface area contributed by atoms with Crippen molar-refractivity contribution in [3.63, 3.8) is 0 Å². The number of nitriles is 1. The van der Waals surface area contributed by atoms with Gasteiger partial charge in [-0.3, -0.25) is 4.79 Å². The number of halogens is 1. The van der Waals surface area contributed by atoms with Gasteiger partial charge in [-0.05, 0) is 70.9 Å². The summed E-state index contributed by atoms with van der Waals surface area (Å²) in [4.78, 5) is 23.8. The van der Waals surface area contributed by atoms with Gasteiger partial charge in [0.15, 0.2) is 11.5 Å². The summed E-state index contributed by atoms with van der Waals surface area (Å²) >= 11 is 3.21. The fraction of sp³-hybridized carbons (Fsp3) is 0.150. The number of benzene rings is 2. The predicted molar refractivity (Wildman–Crippen MR) is 107 cm³/mol. The van der Waals surface area contributed by atoms with Crippen molar-refractivity contribution < 1.29 is 24.2 Å². The van der Waals surface area contributed by atoms with Crippen LogP contribution in [0.2, 0.25) is 0 Å². The third kappa shape index (κ3) is 5.11. The summed E-state index contributed by atoms with van der Waals surface area (Å²) in [5.41, 5.74) is 1.12. The number of carbonyl (C=O) groups excluding carboxylic acids is 2. The summed E-state index contributed by atoms with van der Waals surface area (Å²) in [6.07, 6.45) is 1.38. The molecule has 0 fully saturated rings. The second kappa shape index (κ2) is 9.58. The highest BCUT2D eigenvalue weighted by Gasteiger charge is 2.13. The Balaban J connectivity index is 2.24. The topological polar surface area (TPSA) is 109 Å². The van der Waals surface area contributed by atoms with Gasteiger partial charge in [-0.25, -0.2) is 4.79 Å². The number of rotatable bonds is 6. The molecule has 0 saturated carbocycles. The first kappa shape index (κ1) is 21.0. The van der Waals surface area contributed by atoms with E-state index in [9.17, 15) is 20.0 Å². The van der Waals surface area contributed by atoms with Gasteiger partial charge in [0, 0.05) is 5.69 Å². The standard InChI is InChI=1S/C20H17BrN2O5/c1-3-28-17-10-12(9-16(21)18(17)24)8-14(11-22)19(25)23-15-6-4-13(5-7-15)20(26)27-2/h4-10,24H,3H2,1-2H3,(H,23,25)/b14-8+. The molecule has 2 rings (SSSR count). The average Bonchev–Trinajstić information content (AvgIpc) is 2.69. The number of aromatic hydroxyl groups is 1. The SMILES string of the molecule is CCOc1cc(/C=C(\C#N)C(=O)Nc2ccc(C(=O)OC)cc2)cc(Br)c1O. The lowest BCUT2D eigenvalue weighted by atomic mass is 10.1. The van der Waals surface area contributed by atoms with Crippen molar-refractivity contribution in [2.24, 2.45) is 0 Å². The van der Waals surface area contributed by atoms with Crippen molar-refractivity contribution in [3.05, 3.63) is 57.6 Å². The van der Waals surface area contributed by atoms with E-state index < -0.39 is 11.9 Å². The molecule has 0 unspecified atom stereocenters. The van der Waals surface area contributed by atoms with Crippen LogP contribution in [0.1, 0.15) is 22.8 Å². The van der Waals surface area contributed by atoms with Crippen molar-refractivity contribution in [2.75, 3.05) is 19.0 Å². The van der Waals surface area contributed by atoms with Crippen molar-refractivity contribution in [1.82, 2.24) is 0 Å². The van der Waals surface area contributed by atoms with Crippen LogP contribution in [0.15, 0.2) is 46.4 Å². The van der Waals surface area contributed by atoms with Crippen LogP contribution in [0.3, 0.4) is 0 Å². The minimum atomic E-state index is -0.615. The van der Waals surface area contributed by atoms with E-state index in [0.29, 0.717) is 27.9 Å². The third-order valence-corrected chi connectivity index (χ3v) is 4.20. The zero-order valence-corrected chi connectivity index (χ0v) is 16.7. The summed E-state index contributed by atoms with van der Waals surface area (Å²) in [6, 6.07) is 11.0. The number of hydrogen-bond donors (Lipinski definition) is 2. The van der Waals surface area contributed by atoms with Gasteiger partial charge >= 0.3 is 5.97 Å². The first-order valence-electron chi connectivity index (χ1n) is 8.16. The number of methoxy groups -OCH3 is 1. The number of carbonyl (C=O) groups is 2. The number of nitrogens with zero attached hydrogens (tertiary/aromatic N) is 1. The fourth-order valence-corrected chi connectivity index (χ4v) is 2.72. The van der Waals surface area contributed by atoms with Crippen LogP contribution in [0.4, 0.5) is 5.69 Å². The number of phenols is 1. The zero-order valence-electron chi connectivity index (χ0n) is 15.2. The summed E-state index contributed by atoms with van der Waals surface area (Å²) in [5.74, 6) is -0.930. The average molecular weight is 445 g/mol. The summed E-state index contributed by atoms with van der Waals surface area (Å²) in [6.45, 7) is 2.12. The van der Waals surface area contributed by atoms with E-state index >= 15 is 0 Å². The van der Waals surface area contributed by atoms with E-state index in [0.717, 1.165) is 0 Å². The van der Waals surface area contributed by atoms with Gasteiger partial charge in [-0.2, -0.15) is 5.26 Å². The third-order valence-electron chi connectivity index (χ3n) is 3.59. The lowest BCUT2D eigenvalue weighted by molar-refractivity contribution is -0.112. The molecule has 7 nitrogen and oxygen atoms in total. The molecule has 0 heterocycles. The molecule has 0 atom stereocenters. The van der Waals surface area contributed by atoms with Gasteiger partial charge in [-0.15, -0.1) is 0 Å². The Morgan fingerprint density at radius 2 is 1.96 bits per heavy atom. The zero-order chi connectivity index (χ0) is 20.7. The Bertz CT molecular complexity index is 962. The summed E-state index contributed by atoms with van der Waals surface area (Å²) in [7, 11) is 1.28. The first-order valence-corrected chi connectivity index (χ1v) is 8.95. The van der Waals surface area contributed by atoms with Gasteiger partial charge in [0.05, 0.1) is 23.8 Å². The molecule has 0 radical (unpaired) electrons. The number of esters is 1. The Labute approximate surface area is 170 Å². The minimum Gasteiger partial charge on any atom is -0.503 e. The molecular formula is C20H17BrN2O5. The second-order valence-electron chi connectivity index (χ2n) is 5.48. The van der Waals surface area contributed by atoms with E-state index in [1.807, 2.05) is 6.07 Å². The Morgan fingerprint density at radius 1 is 1.29 bits per heavy atom. The molecule has 2 aromatic rings. The number of hydrogen-bond acceptors (Lipinski definition) is 6. The summed E-state index contributed by atoms with van der Waals surface area (Å²) < 4.78 is 10.3. The molecule has 0 bridgehead atoms. The molecule has 0 aromatic heterocycles. The lowest BCUT2D eigenvalue weighted by Crippen LogP contribution is -2.13. The van der Waals surface area contributed by atoms with Crippen LogP contribution in [0.25, 0.3) is 6.08 Å². The molecule has 1 amide bonds. The monoisotopic (exact) mass is 444 g/mol. The van der Waals surface area contributed by atoms with E-state index in [1.54, 1.807) is 13.0 Å². The van der Waals surface area contributed by atoms with E-state index in [1.165, 1.54) is 43.5 Å². The molecule has 0 spiro atoms. The van der Waals surface area contributed by atoms with Gasteiger partial charge in [-0.1, -0.05) is 0 Å². The molecule has 2 aromatic carbocycles. The molecule has 144 valence electrons. The number of anilines is 1. The quantitative estimate of drug-likeness (QED) is 0.397. The van der Waals surface area contributed by atoms with Crippen LogP contribution < -0.4 is 10.1 Å². The van der Waals surface area contributed by atoms with Crippen molar-refractivity contribution in [1.29, 1.82) is 5.26 Å². The van der Waals surface area contributed by atoms with Crippen molar-refractivity contribution >= 4 is 39.6 Å². The van der Waals surface area contributed by atoms with Gasteiger partial charge < -0.3 is 19.9 Å².